The highest BCUT2D eigenvalue weighted by Crippen LogP contribution is 2.43. The minimum Gasteiger partial charge on any atom is -0.456 e. The molecular formula is C39H35N3O2. The maximum Gasteiger partial charge on any atom is 0.140 e. The lowest BCUT2D eigenvalue weighted by Crippen LogP contribution is -2.37. The highest BCUT2D eigenvalue weighted by Gasteiger charge is 2.23. The lowest BCUT2D eigenvalue weighted by Gasteiger charge is -2.35. The fourth-order valence-electron chi connectivity index (χ4n) is 8.09. The van der Waals surface area contributed by atoms with Gasteiger partial charge in [-0.2, -0.15) is 5.26 Å². The molecule has 0 radical (unpaired) electrons. The van der Waals surface area contributed by atoms with Crippen LogP contribution in [0.5, 0.6) is 0 Å². The maximum atomic E-state index is 10.6. The van der Waals surface area contributed by atoms with Gasteiger partial charge in [0.05, 0.1) is 5.56 Å². The Balaban J connectivity index is 1.21. The van der Waals surface area contributed by atoms with Crippen LogP contribution in [0.4, 0.5) is 11.4 Å². The topological polar surface area (TPSA) is 56.6 Å². The lowest BCUT2D eigenvalue weighted by atomic mass is 9.97. The number of nitriles is 1. The lowest BCUT2D eigenvalue weighted by molar-refractivity contribution is 0.485. The minimum atomic E-state index is 0.553. The van der Waals surface area contributed by atoms with Gasteiger partial charge in [-0.05, 0) is 122 Å². The van der Waals surface area contributed by atoms with Crippen LogP contribution in [-0.2, 0) is 0 Å². The Labute approximate surface area is 256 Å². The first-order chi connectivity index (χ1) is 21.6. The number of nitrogens with zero attached hydrogens (tertiary/aromatic N) is 3. The summed E-state index contributed by atoms with van der Waals surface area (Å²) >= 11 is 0. The molecule has 44 heavy (non-hydrogen) atoms. The Hall–Kier alpha value is -4.69. The highest BCUT2D eigenvalue weighted by atomic mass is 16.3. The van der Waals surface area contributed by atoms with Gasteiger partial charge in [0.2, 0.25) is 0 Å². The zero-order valence-corrected chi connectivity index (χ0v) is 25.3. The summed E-state index contributed by atoms with van der Waals surface area (Å²) in [7, 11) is 0. The maximum absolute atomic E-state index is 10.6. The third kappa shape index (κ3) is 3.83. The first kappa shape index (κ1) is 25.8. The van der Waals surface area contributed by atoms with Gasteiger partial charge in [-0.15, -0.1) is 0 Å². The van der Waals surface area contributed by atoms with Crippen LogP contribution in [0, 0.1) is 11.3 Å². The van der Waals surface area contributed by atoms with Crippen molar-refractivity contribution in [3.05, 3.63) is 72.3 Å². The largest absolute Gasteiger partial charge is 0.456 e. The van der Waals surface area contributed by atoms with Crippen LogP contribution in [-0.4, -0.2) is 25.2 Å². The zero-order chi connectivity index (χ0) is 29.5. The van der Waals surface area contributed by atoms with E-state index in [9.17, 15) is 5.26 Å². The highest BCUT2D eigenvalue weighted by molar-refractivity contribution is 6.22. The van der Waals surface area contributed by atoms with E-state index < -0.39 is 0 Å². The predicted molar refractivity (Wildman–Crippen MR) is 182 cm³/mol. The molecular weight excluding hydrogens is 542 g/mol. The number of fused-ring (bicyclic) bond motifs is 8. The summed E-state index contributed by atoms with van der Waals surface area (Å²) in [5.41, 5.74) is 6.14. The molecule has 0 bridgehead atoms. The average molecular weight is 578 g/mol. The first-order valence-electron chi connectivity index (χ1n) is 16.2. The van der Waals surface area contributed by atoms with Gasteiger partial charge in [-0.1, -0.05) is 12.1 Å². The summed E-state index contributed by atoms with van der Waals surface area (Å²) in [5, 5.41) is 18.9. The van der Waals surface area contributed by atoms with Crippen LogP contribution in [0.3, 0.4) is 0 Å². The molecule has 5 heteroatoms. The van der Waals surface area contributed by atoms with Crippen molar-refractivity contribution in [1.82, 2.24) is 0 Å². The van der Waals surface area contributed by atoms with Crippen LogP contribution in [0.1, 0.15) is 57.9 Å². The normalized spacial score (nSPS) is 19.7. The molecule has 4 heterocycles. The van der Waals surface area contributed by atoms with Gasteiger partial charge in [0.1, 0.15) is 28.4 Å². The van der Waals surface area contributed by atoms with Gasteiger partial charge in [0, 0.05) is 64.2 Å². The summed E-state index contributed by atoms with van der Waals surface area (Å²) < 4.78 is 12.9. The van der Waals surface area contributed by atoms with Gasteiger partial charge >= 0.3 is 0 Å². The molecule has 2 unspecified atom stereocenters. The molecule has 0 saturated carbocycles. The second-order valence-electron chi connectivity index (χ2n) is 13.1. The summed E-state index contributed by atoms with van der Waals surface area (Å²) in [4.78, 5) is 5.05. The molecule has 2 fully saturated rings. The van der Waals surface area contributed by atoms with Crippen molar-refractivity contribution in [2.75, 3.05) is 22.9 Å². The van der Waals surface area contributed by atoms with Crippen molar-refractivity contribution in [3.8, 4) is 6.07 Å². The molecule has 2 saturated heterocycles. The van der Waals surface area contributed by atoms with Gasteiger partial charge in [-0.25, -0.2) is 0 Å². The van der Waals surface area contributed by atoms with Crippen LogP contribution in [0.25, 0.3) is 65.4 Å². The third-order valence-electron chi connectivity index (χ3n) is 10.5. The van der Waals surface area contributed by atoms with Gasteiger partial charge < -0.3 is 18.6 Å². The van der Waals surface area contributed by atoms with Crippen molar-refractivity contribution in [2.24, 2.45) is 0 Å². The molecule has 0 amide bonds. The molecule has 7 aromatic rings. The van der Waals surface area contributed by atoms with E-state index in [0.29, 0.717) is 28.8 Å². The number of furan rings is 2. The van der Waals surface area contributed by atoms with Gasteiger partial charge in [0.15, 0.2) is 0 Å². The summed E-state index contributed by atoms with van der Waals surface area (Å²) in [5.74, 6) is 0. The second-order valence-corrected chi connectivity index (χ2v) is 13.1. The number of hydrogen-bond donors (Lipinski definition) is 0. The predicted octanol–water partition coefficient (Wildman–Crippen LogP) is 10.4. The zero-order valence-electron chi connectivity index (χ0n) is 25.3. The monoisotopic (exact) mass is 577 g/mol. The Bertz CT molecular complexity index is 2170. The van der Waals surface area contributed by atoms with Gasteiger partial charge in [-0.3, -0.25) is 0 Å². The second kappa shape index (κ2) is 9.66. The standard InChI is InChI=1S/C39H35N3O2/c1-23-7-3-5-13-41(23)29-11-9-25-17-31-34(19-27(25)15-29)43-36-21-37-39(33(22-40)38(31)36)32-18-26-10-12-30(16-28(26)20-35(32)44-37)42-14-6-4-8-24(42)2/h9-12,15-21,23-24H,3-8,13-14H2,1-2H3. The minimum absolute atomic E-state index is 0.553. The molecule has 5 nitrogen and oxygen atoms in total. The fraction of sp³-hybridized carbons (Fsp3) is 0.308. The van der Waals surface area contributed by atoms with E-state index in [1.54, 1.807) is 0 Å². The molecule has 2 aliphatic rings. The Morgan fingerprint density at radius 3 is 1.55 bits per heavy atom. The molecule has 2 aliphatic heterocycles. The van der Waals surface area contributed by atoms with E-state index in [1.807, 2.05) is 6.07 Å². The van der Waals surface area contributed by atoms with Crippen molar-refractivity contribution >= 4 is 76.8 Å². The van der Waals surface area contributed by atoms with Crippen LogP contribution in [0.2, 0.25) is 0 Å². The van der Waals surface area contributed by atoms with Crippen LogP contribution < -0.4 is 9.80 Å². The van der Waals surface area contributed by atoms with E-state index in [0.717, 1.165) is 67.3 Å². The fourth-order valence-corrected chi connectivity index (χ4v) is 8.09. The Kier molecular flexibility index (Phi) is 5.66. The molecule has 0 N–H and O–H groups in total. The molecule has 2 atom stereocenters. The number of anilines is 2. The van der Waals surface area contributed by atoms with E-state index in [-0.39, 0.29) is 0 Å². The molecule has 9 rings (SSSR count). The van der Waals surface area contributed by atoms with Gasteiger partial charge in [0.25, 0.3) is 0 Å². The number of benzene rings is 5. The van der Waals surface area contributed by atoms with Crippen molar-refractivity contribution in [1.29, 1.82) is 5.26 Å². The molecule has 5 aromatic carbocycles. The van der Waals surface area contributed by atoms with Crippen molar-refractivity contribution in [3.63, 3.8) is 0 Å². The van der Waals surface area contributed by atoms with Crippen molar-refractivity contribution in [2.45, 2.75) is 64.5 Å². The summed E-state index contributed by atoms with van der Waals surface area (Å²) in [6.45, 7) is 6.86. The third-order valence-corrected chi connectivity index (χ3v) is 10.5. The van der Waals surface area contributed by atoms with Crippen molar-refractivity contribution < 1.29 is 8.83 Å². The molecule has 0 aliphatic carbocycles. The summed E-state index contributed by atoms with van der Waals surface area (Å²) in [6.07, 6.45) is 7.57. The number of rotatable bonds is 2. The average Bonchev–Trinajstić information content (AvgIpc) is 3.58. The molecule has 218 valence electrons. The first-order valence-corrected chi connectivity index (χ1v) is 16.2. The summed E-state index contributed by atoms with van der Waals surface area (Å²) in [6, 6.07) is 27.8. The van der Waals surface area contributed by atoms with E-state index in [1.165, 1.54) is 49.9 Å². The smallest absolute Gasteiger partial charge is 0.140 e. The number of hydrogen-bond acceptors (Lipinski definition) is 5. The SMILES string of the molecule is CC1CCCCN1c1ccc2cc3c(cc2c1)oc1cc2oc4cc5cc(N6CCCCC6C)ccc5cc4c2c(C#N)c13. The van der Waals surface area contributed by atoms with Crippen LogP contribution >= 0.6 is 0 Å². The Morgan fingerprint density at radius 2 is 1.09 bits per heavy atom. The molecule has 0 spiro atoms. The quantitative estimate of drug-likeness (QED) is 0.205. The van der Waals surface area contributed by atoms with E-state index in [2.05, 4.69) is 90.4 Å². The Morgan fingerprint density at radius 1 is 0.591 bits per heavy atom. The number of piperidine rings is 2. The van der Waals surface area contributed by atoms with E-state index >= 15 is 0 Å². The van der Waals surface area contributed by atoms with E-state index in [4.69, 9.17) is 8.83 Å². The molecule has 2 aromatic heterocycles. The van der Waals surface area contributed by atoms with Crippen LogP contribution in [0.15, 0.2) is 75.6 Å².